The number of thiazole rings is 1. The SMILES string of the molecule is Cc1cccc(NCc2cscn2)c1N. The number of anilines is 2. The number of nitrogens with zero attached hydrogens (tertiary/aromatic N) is 1. The molecule has 3 N–H and O–H groups in total. The van der Waals surface area contributed by atoms with Gasteiger partial charge in [-0.15, -0.1) is 11.3 Å². The van der Waals surface area contributed by atoms with Gasteiger partial charge in [0.15, 0.2) is 0 Å². The minimum absolute atomic E-state index is 0.719. The van der Waals surface area contributed by atoms with E-state index in [1.54, 1.807) is 11.3 Å². The molecule has 2 rings (SSSR count). The molecule has 0 bridgehead atoms. The van der Waals surface area contributed by atoms with E-state index >= 15 is 0 Å². The molecule has 1 aromatic heterocycles. The standard InChI is InChI=1S/C11H13N3S/c1-8-3-2-4-10(11(8)12)13-5-9-6-15-7-14-9/h2-4,6-7,13H,5,12H2,1H3. The van der Waals surface area contributed by atoms with E-state index in [2.05, 4.69) is 10.3 Å². The average molecular weight is 219 g/mol. The van der Waals surface area contributed by atoms with Crippen LogP contribution < -0.4 is 11.1 Å². The van der Waals surface area contributed by atoms with Gasteiger partial charge in [-0.1, -0.05) is 12.1 Å². The van der Waals surface area contributed by atoms with Gasteiger partial charge in [0.05, 0.1) is 29.1 Å². The molecule has 0 radical (unpaired) electrons. The maximum atomic E-state index is 5.94. The first-order valence-electron chi connectivity index (χ1n) is 4.73. The first-order valence-corrected chi connectivity index (χ1v) is 5.67. The van der Waals surface area contributed by atoms with E-state index in [1.165, 1.54) is 0 Å². The van der Waals surface area contributed by atoms with Gasteiger partial charge in [0.2, 0.25) is 0 Å². The van der Waals surface area contributed by atoms with Gasteiger partial charge >= 0.3 is 0 Å². The van der Waals surface area contributed by atoms with Crippen LogP contribution in [0.2, 0.25) is 0 Å². The van der Waals surface area contributed by atoms with Crippen molar-refractivity contribution in [2.75, 3.05) is 11.1 Å². The molecule has 0 amide bonds. The maximum absolute atomic E-state index is 5.94. The minimum atomic E-state index is 0.719. The predicted octanol–water partition coefficient (Wildman–Crippen LogP) is 2.65. The van der Waals surface area contributed by atoms with Gasteiger partial charge in [0, 0.05) is 5.38 Å². The summed E-state index contributed by atoms with van der Waals surface area (Å²) in [6.45, 7) is 2.72. The van der Waals surface area contributed by atoms with Crippen LogP contribution in [0.15, 0.2) is 29.1 Å². The Morgan fingerprint density at radius 2 is 2.33 bits per heavy atom. The Morgan fingerprint density at radius 1 is 1.47 bits per heavy atom. The number of hydrogen-bond acceptors (Lipinski definition) is 4. The molecule has 0 atom stereocenters. The molecule has 0 aliphatic rings. The van der Waals surface area contributed by atoms with Crippen molar-refractivity contribution in [3.8, 4) is 0 Å². The molecule has 78 valence electrons. The van der Waals surface area contributed by atoms with Crippen LogP contribution in [0.3, 0.4) is 0 Å². The fourth-order valence-corrected chi connectivity index (χ4v) is 1.90. The van der Waals surface area contributed by atoms with Gasteiger partial charge in [-0.3, -0.25) is 0 Å². The molecular weight excluding hydrogens is 206 g/mol. The average Bonchev–Trinajstić information content (AvgIpc) is 2.73. The normalized spacial score (nSPS) is 10.2. The first-order chi connectivity index (χ1) is 7.27. The third kappa shape index (κ3) is 2.27. The van der Waals surface area contributed by atoms with Gasteiger partial charge in [0.1, 0.15) is 0 Å². The van der Waals surface area contributed by atoms with Crippen LogP contribution >= 0.6 is 11.3 Å². The van der Waals surface area contributed by atoms with E-state index in [9.17, 15) is 0 Å². The van der Waals surface area contributed by atoms with E-state index in [1.807, 2.05) is 36.0 Å². The summed E-state index contributed by atoms with van der Waals surface area (Å²) in [6.07, 6.45) is 0. The molecule has 0 fully saturated rings. The lowest BCUT2D eigenvalue weighted by Crippen LogP contribution is -2.03. The van der Waals surface area contributed by atoms with Crippen molar-refractivity contribution in [1.29, 1.82) is 0 Å². The Hall–Kier alpha value is -1.55. The summed E-state index contributed by atoms with van der Waals surface area (Å²) in [6, 6.07) is 5.98. The molecule has 0 aliphatic carbocycles. The van der Waals surface area contributed by atoms with Crippen molar-refractivity contribution in [3.05, 3.63) is 40.3 Å². The van der Waals surface area contributed by atoms with Crippen LogP contribution in [-0.4, -0.2) is 4.98 Å². The molecule has 1 heterocycles. The van der Waals surface area contributed by atoms with Crippen molar-refractivity contribution in [3.63, 3.8) is 0 Å². The lowest BCUT2D eigenvalue weighted by atomic mass is 10.2. The monoisotopic (exact) mass is 219 g/mol. The number of para-hydroxylation sites is 1. The van der Waals surface area contributed by atoms with Gasteiger partial charge in [-0.2, -0.15) is 0 Å². The lowest BCUT2D eigenvalue weighted by molar-refractivity contribution is 1.07. The molecule has 0 unspecified atom stereocenters. The molecule has 3 nitrogen and oxygen atoms in total. The molecule has 15 heavy (non-hydrogen) atoms. The Labute approximate surface area is 93.0 Å². The van der Waals surface area contributed by atoms with Gasteiger partial charge < -0.3 is 11.1 Å². The number of nitrogens with two attached hydrogens (primary N) is 1. The lowest BCUT2D eigenvalue weighted by Gasteiger charge is -2.09. The number of nitrogen functional groups attached to an aromatic ring is 1. The Morgan fingerprint density at radius 3 is 3.07 bits per heavy atom. The second-order valence-corrected chi connectivity index (χ2v) is 4.09. The van der Waals surface area contributed by atoms with Crippen molar-refractivity contribution < 1.29 is 0 Å². The molecule has 1 aromatic carbocycles. The molecule has 0 spiro atoms. The summed E-state index contributed by atoms with van der Waals surface area (Å²) in [4.78, 5) is 4.20. The van der Waals surface area contributed by atoms with E-state index in [0.29, 0.717) is 0 Å². The van der Waals surface area contributed by atoms with Crippen LogP contribution in [0.25, 0.3) is 0 Å². The molecular formula is C11H13N3S. The van der Waals surface area contributed by atoms with Crippen molar-refractivity contribution in [1.82, 2.24) is 4.98 Å². The van der Waals surface area contributed by atoms with Gasteiger partial charge in [-0.05, 0) is 18.6 Å². The summed E-state index contributed by atoms with van der Waals surface area (Å²) < 4.78 is 0. The Kier molecular flexibility index (Phi) is 2.87. The number of aryl methyl sites for hydroxylation is 1. The van der Waals surface area contributed by atoms with Gasteiger partial charge in [0.25, 0.3) is 0 Å². The number of aromatic nitrogens is 1. The van der Waals surface area contributed by atoms with Crippen LogP contribution in [0, 0.1) is 6.92 Å². The number of nitrogens with one attached hydrogen (secondary N) is 1. The van der Waals surface area contributed by atoms with E-state index in [0.717, 1.165) is 29.2 Å². The second-order valence-electron chi connectivity index (χ2n) is 3.37. The highest BCUT2D eigenvalue weighted by Crippen LogP contribution is 2.22. The third-order valence-electron chi connectivity index (χ3n) is 2.27. The Bertz CT molecular complexity index is 437. The van der Waals surface area contributed by atoms with Gasteiger partial charge in [-0.25, -0.2) is 4.98 Å². The quantitative estimate of drug-likeness (QED) is 0.780. The van der Waals surface area contributed by atoms with Crippen LogP contribution in [0.4, 0.5) is 11.4 Å². The van der Waals surface area contributed by atoms with Crippen LogP contribution in [-0.2, 0) is 6.54 Å². The van der Waals surface area contributed by atoms with Crippen molar-refractivity contribution in [2.24, 2.45) is 0 Å². The summed E-state index contributed by atoms with van der Waals surface area (Å²) in [5, 5.41) is 5.30. The minimum Gasteiger partial charge on any atom is -0.397 e. The van der Waals surface area contributed by atoms with E-state index in [4.69, 9.17) is 5.73 Å². The number of hydrogen-bond donors (Lipinski definition) is 2. The molecule has 0 saturated carbocycles. The molecule has 0 saturated heterocycles. The largest absolute Gasteiger partial charge is 0.397 e. The summed E-state index contributed by atoms with van der Waals surface area (Å²) in [5.74, 6) is 0. The fraction of sp³-hybridized carbons (Fsp3) is 0.182. The first kappa shape index (κ1) is 9.98. The van der Waals surface area contributed by atoms with Crippen LogP contribution in [0.1, 0.15) is 11.3 Å². The smallest absolute Gasteiger partial charge is 0.0795 e. The molecule has 0 aliphatic heterocycles. The van der Waals surface area contributed by atoms with Crippen LogP contribution in [0.5, 0.6) is 0 Å². The zero-order chi connectivity index (χ0) is 10.7. The van der Waals surface area contributed by atoms with Crippen molar-refractivity contribution >= 4 is 22.7 Å². The summed E-state index contributed by atoms with van der Waals surface area (Å²) in [7, 11) is 0. The zero-order valence-corrected chi connectivity index (χ0v) is 9.34. The topological polar surface area (TPSA) is 50.9 Å². The fourth-order valence-electron chi connectivity index (χ4n) is 1.35. The number of rotatable bonds is 3. The third-order valence-corrected chi connectivity index (χ3v) is 2.90. The highest BCUT2D eigenvalue weighted by Gasteiger charge is 2.01. The highest BCUT2D eigenvalue weighted by molar-refractivity contribution is 7.07. The molecule has 2 aromatic rings. The van der Waals surface area contributed by atoms with E-state index in [-0.39, 0.29) is 0 Å². The highest BCUT2D eigenvalue weighted by atomic mass is 32.1. The second kappa shape index (κ2) is 4.31. The zero-order valence-electron chi connectivity index (χ0n) is 8.53. The van der Waals surface area contributed by atoms with Crippen molar-refractivity contribution in [2.45, 2.75) is 13.5 Å². The maximum Gasteiger partial charge on any atom is 0.0795 e. The predicted molar refractivity (Wildman–Crippen MR) is 65.0 cm³/mol. The summed E-state index contributed by atoms with van der Waals surface area (Å²) >= 11 is 1.60. The Balaban J connectivity index is 2.08. The summed E-state index contributed by atoms with van der Waals surface area (Å²) in [5.41, 5.74) is 11.7. The van der Waals surface area contributed by atoms with E-state index < -0.39 is 0 Å². The number of benzene rings is 1. The molecule has 4 heteroatoms.